The summed E-state index contributed by atoms with van der Waals surface area (Å²) in [5, 5.41) is 9.45. The van der Waals surface area contributed by atoms with Crippen molar-refractivity contribution in [2.45, 2.75) is 37.8 Å². The van der Waals surface area contributed by atoms with Crippen molar-refractivity contribution in [2.24, 2.45) is 11.7 Å². The van der Waals surface area contributed by atoms with Crippen LogP contribution in [0, 0.1) is 17.2 Å². The molecule has 0 aromatic heterocycles. The number of nitrogens with zero attached hydrogens (tertiary/aromatic N) is 1. The molecule has 3 atom stereocenters. The number of hydrogen-bond acceptors (Lipinski definition) is 3. The van der Waals surface area contributed by atoms with E-state index in [1.807, 2.05) is 18.2 Å². The maximum Gasteiger partial charge on any atom is 0.164 e. The third kappa shape index (κ3) is 2.13. The van der Waals surface area contributed by atoms with E-state index in [9.17, 15) is 5.26 Å². The number of nitrogens with two attached hydrogens (primary N) is 1. The van der Waals surface area contributed by atoms with E-state index in [1.165, 1.54) is 17.6 Å². The summed E-state index contributed by atoms with van der Waals surface area (Å²) >= 11 is 0. The van der Waals surface area contributed by atoms with Crippen molar-refractivity contribution >= 4 is 0 Å². The number of rotatable bonds is 1. The molecular formula is C16H18N2O. The van der Waals surface area contributed by atoms with Gasteiger partial charge in [-0.25, -0.2) is 0 Å². The van der Waals surface area contributed by atoms with Crippen molar-refractivity contribution in [2.75, 3.05) is 0 Å². The second-order valence-corrected chi connectivity index (χ2v) is 5.28. The van der Waals surface area contributed by atoms with Gasteiger partial charge in [0.2, 0.25) is 0 Å². The molecule has 0 saturated carbocycles. The van der Waals surface area contributed by atoms with E-state index in [-0.39, 0.29) is 11.8 Å². The lowest BCUT2D eigenvalue weighted by atomic mass is 9.74. The Bertz CT molecular complexity index is 529. The molecular weight excluding hydrogens is 236 g/mol. The molecule has 1 heterocycles. The number of ether oxygens (including phenoxy) is 1. The SMILES string of the molecule is N#CC1C(N)OC2=C(CCCC2)C1c1ccccc1. The van der Waals surface area contributed by atoms with Gasteiger partial charge < -0.3 is 4.74 Å². The van der Waals surface area contributed by atoms with Crippen molar-refractivity contribution in [3.63, 3.8) is 0 Å². The first-order valence-corrected chi connectivity index (χ1v) is 6.90. The van der Waals surface area contributed by atoms with E-state index >= 15 is 0 Å². The average Bonchev–Trinajstić information content (AvgIpc) is 2.46. The number of benzene rings is 1. The highest BCUT2D eigenvalue weighted by Crippen LogP contribution is 2.45. The van der Waals surface area contributed by atoms with Gasteiger partial charge in [-0.1, -0.05) is 30.3 Å². The van der Waals surface area contributed by atoms with E-state index < -0.39 is 6.23 Å². The van der Waals surface area contributed by atoms with E-state index in [4.69, 9.17) is 10.5 Å². The highest BCUT2D eigenvalue weighted by atomic mass is 16.5. The zero-order chi connectivity index (χ0) is 13.2. The fraction of sp³-hybridized carbons (Fsp3) is 0.438. The fourth-order valence-corrected chi connectivity index (χ4v) is 3.23. The zero-order valence-electron chi connectivity index (χ0n) is 10.9. The van der Waals surface area contributed by atoms with Crippen LogP contribution in [0.25, 0.3) is 0 Å². The molecule has 0 radical (unpaired) electrons. The molecule has 0 amide bonds. The molecule has 1 aliphatic carbocycles. The topological polar surface area (TPSA) is 59.0 Å². The fourth-order valence-electron chi connectivity index (χ4n) is 3.23. The van der Waals surface area contributed by atoms with Crippen molar-refractivity contribution in [1.29, 1.82) is 5.26 Å². The zero-order valence-corrected chi connectivity index (χ0v) is 10.9. The van der Waals surface area contributed by atoms with Crippen molar-refractivity contribution < 1.29 is 4.74 Å². The summed E-state index contributed by atoms with van der Waals surface area (Å²) in [4.78, 5) is 0. The first-order chi connectivity index (χ1) is 9.31. The van der Waals surface area contributed by atoms with Gasteiger partial charge in [-0.3, -0.25) is 5.73 Å². The molecule has 3 heteroatoms. The molecule has 98 valence electrons. The standard InChI is InChI=1S/C16H18N2O/c17-10-13-15(11-6-2-1-3-7-11)12-8-4-5-9-14(12)19-16(13)18/h1-3,6-7,13,15-16H,4-5,8-9,18H2. The van der Waals surface area contributed by atoms with Crippen LogP contribution in [-0.4, -0.2) is 6.23 Å². The van der Waals surface area contributed by atoms with Crippen LogP contribution in [0.15, 0.2) is 41.7 Å². The van der Waals surface area contributed by atoms with Crippen LogP contribution in [-0.2, 0) is 4.74 Å². The van der Waals surface area contributed by atoms with Crippen LogP contribution in [0.2, 0.25) is 0 Å². The summed E-state index contributed by atoms with van der Waals surface area (Å²) in [5.74, 6) is 0.851. The van der Waals surface area contributed by atoms with Gasteiger partial charge in [-0.15, -0.1) is 0 Å². The first kappa shape index (κ1) is 12.3. The van der Waals surface area contributed by atoms with Gasteiger partial charge >= 0.3 is 0 Å². The molecule has 1 aromatic rings. The third-order valence-corrected chi connectivity index (χ3v) is 4.13. The molecule has 2 N–H and O–H groups in total. The number of hydrogen-bond donors (Lipinski definition) is 1. The van der Waals surface area contributed by atoms with Gasteiger partial charge in [0.1, 0.15) is 5.92 Å². The van der Waals surface area contributed by atoms with E-state index in [2.05, 4.69) is 18.2 Å². The second-order valence-electron chi connectivity index (χ2n) is 5.28. The molecule has 3 rings (SSSR count). The Kier molecular flexibility index (Phi) is 3.27. The molecule has 1 aliphatic heterocycles. The molecule has 0 spiro atoms. The Labute approximate surface area is 113 Å². The lowest BCUT2D eigenvalue weighted by Gasteiger charge is -2.38. The van der Waals surface area contributed by atoms with Crippen LogP contribution in [0.5, 0.6) is 0 Å². The Hall–Kier alpha value is -1.79. The quantitative estimate of drug-likeness (QED) is 0.838. The molecule has 0 fully saturated rings. The van der Waals surface area contributed by atoms with Gasteiger partial charge in [0.25, 0.3) is 0 Å². The summed E-state index contributed by atoms with van der Waals surface area (Å²) in [6.07, 6.45) is 3.82. The first-order valence-electron chi connectivity index (χ1n) is 6.90. The van der Waals surface area contributed by atoms with Gasteiger partial charge in [-0.2, -0.15) is 5.26 Å². The van der Waals surface area contributed by atoms with Crippen LogP contribution in [0.1, 0.15) is 37.2 Å². The number of allylic oxidation sites excluding steroid dienone is 2. The van der Waals surface area contributed by atoms with Crippen LogP contribution in [0.4, 0.5) is 0 Å². The molecule has 0 saturated heterocycles. The summed E-state index contributed by atoms with van der Waals surface area (Å²) < 4.78 is 5.78. The maximum atomic E-state index is 9.45. The maximum absolute atomic E-state index is 9.45. The van der Waals surface area contributed by atoms with Crippen molar-refractivity contribution in [3.05, 3.63) is 47.2 Å². The van der Waals surface area contributed by atoms with Gasteiger partial charge in [0, 0.05) is 12.3 Å². The van der Waals surface area contributed by atoms with Crippen LogP contribution in [0.3, 0.4) is 0 Å². The summed E-state index contributed by atoms with van der Waals surface area (Å²) in [7, 11) is 0. The smallest absolute Gasteiger partial charge is 0.164 e. The minimum atomic E-state index is -0.507. The van der Waals surface area contributed by atoms with Crippen LogP contribution >= 0.6 is 0 Å². The Balaban J connectivity index is 2.08. The lowest BCUT2D eigenvalue weighted by Crippen LogP contribution is -2.41. The third-order valence-electron chi connectivity index (χ3n) is 4.13. The molecule has 2 aliphatic rings. The highest BCUT2D eigenvalue weighted by Gasteiger charge is 2.39. The summed E-state index contributed by atoms with van der Waals surface area (Å²) in [6.45, 7) is 0. The van der Waals surface area contributed by atoms with Gasteiger partial charge in [0.05, 0.1) is 11.8 Å². The molecule has 1 aromatic carbocycles. The molecule has 0 bridgehead atoms. The largest absolute Gasteiger partial charge is 0.479 e. The average molecular weight is 254 g/mol. The minimum absolute atomic E-state index is 0.102. The van der Waals surface area contributed by atoms with Crippen molar-refractivity contribution in [3.8, 4) is 6.07 Å². The van der Waals surface area contributed by atoms with Gasteiger partial charge in [0.15, 0.2) is 6.23 Å². The predicted octanol–water partition coefficient (Wildman–Crippen LogP) is 3.05. The van der Waals surface area contributed by atoms with Crippen LogP contribution < -0.4 is 5.73 Å². The Morgan fingerprint density at radius 1 is 1.16 bits per heavy atom. The number of nitriles is 1. The summed E-state index contributed by atoms with van der Waals surface area (Å²) in [6, 6.07) is 12.6. The van der Waals surface area contributed by atoms with Gasteiger partial charge in [-0.05, 0) is 30.4 Å². The normalized spacial score (nSPS) is 30.2. The van der Waals surface area contributed by atoms with Crippen molar-refractivity contribution in [1.82, 2.24) is 0 Å². The molecule has 3 nitrogen and oxygen atoms in total. The van der Waals surface area contributed by atoms with E-state index in [0.29, 0.717) is 0 Å². The Morgan fingerprint density at radius 2 is 1.89 bits per heavy atom. The monoisotopic (exact) mass is 254 g/mol. The van der Waals surface area contributed by atoms with E-state index in [1.54, 1.807) is 0 Å². The summed E-state index contributed by atoms with van der Waals surface area (Å²) in [5.41, 5.74) is 8.52. The second kappa shape index (κ2) is 5.07. The van der Waals surface area contributed by atoms with E-state index in [0.717, 1.165) is 25.0 Å². The molecule has 3 unspecified atom stereocenters. The predicted molar refractivity (Wildman–Crippen MR) is 72.8 cm³/mol. The molecule has 19 heavy (non-hydrogen) atoms. The Morgan fingerprint density at radius 3 is 2.63 bits per heavy atom. The minimum Gasteiger partial charge on any atom is -0.479 e. The lowest BCUT2D eigenvalue weighted by molar-refractivity contribution is 0.0486. The highest BCUT2D eigenvalue weighted by molar-refractivity contribution is 5.36.